The van der Waals surface area contributed by atoms with Gasteiger partial charge >= 0.3 is 0 Å². The molecule has 1 aliphatic rings. The van der Waals surface area contributed by atoms with Crippen molar-refractivity contribution < 1.29 is 4.79 Å². The molecule has 2 aromatic rings. The van der Waals surface area contributed by atoms with Crippen molar-refractivity contribution in [3.05, 3.63) is 36.9 Å². The Bertz CT molecular complexity index is 625. The van der Waals surface area contributed by atoms with Crippen molar-refractivity contribution in [2.45, 2.75) is 38.1 Å². The number of piperidine rings is 1. The standard InChI is InChI=1S/C15H20N6O/c1-15(2,21-11-17-10-19-21)14(22)20-7-3-4-12(9-20)13-8-16-5-6-18-13/h5-6,8,10-12H,3-4,7,9H2,1-2H3. The summed E-state index contributed by atoms with van der Waals surface area (Å²) in [4.78, 5) is 27.3. The highest BCUT2D eigenvalue weighted by Crippen LogP contribution is 2.27. The normalized spacial score (nSPS) is 19.2. The zero-order valence-electron chi connectivity index (χ0n) is 12.9. The second-order valence-electron chi connectivity index (χ2n) is 6.12. The molecule has 3 heterocycles. The van der Waals surface area contributed by atoms with Crippen LogP contribution in [0.2, 0.25) is 0 Å². The summed E-state index contributed by atoms with van der Waals surface area (Å²) in [6.07, 6.45) is 10.2. The molecule has 2 aromatic heterocycles. The molecule has 0 N–H and O–H groups in total. The number of hydrogen-bond donors (Lipinski definition) is 0. The van der Waals surface area contributed by atoms with Crippen molar-refractivity contribution in [3.8, 4) is 0 Å². The van der Waals surface area contributed by atoms with Gasteiger partial charge in [0.25, 0.3) is 0 Å². The van der Waals surface area contributed by atoms with E-state index < -0.39 is 5.54 Å². The summed E-state index contributed by atoms with van der Waals surface area (Å²) in [5, 5.41) is 4.12. The highest BCUT2D eigenvalue weighted by molar-refractivity contribution is 5.83. The lowest BCUT2D eigenvalue weighted by Crippen LogP contribution is -2.50. The van der Waals surface area contributed by atoms with Gasteiger partial charge < -0.3 is 4.90 Å². The maximum Gasteiger partial charge on any atom is 0.250 e. The van der Waals surface area contributed by atoms with Crippen LogP contribution in [0.15, 0.2) is 31.2 Å². The fraction of sp³-hybridized carbons (Fsp3) is 0.533. The average molecular weight is 300 g/mol. The third kappa shape index (κ3) is 2.70. The first-order valence-corrected chi connectivity index (χ1v) is 7.49. The fourth-order valence-corrected chi connectivity index (χ4v) is 2.91. The van der Waals surface area contributed by atoms with Gasteiger partial charge in [-0.25, -0.2) is 9.67 Å². The van der Waals surface area contributed by atoms with E-state index in [0.29, 0.717) is 6.54 Å². The maximum atomic E-state index is 12.9. The van der Waals surface area contributed by atoms with Gasteiger partial charge in [0.05, 0.1) is 5.69 Å². The zero-order chi connectivity index (χ0) is 15.6. The molecule has 7 heteroatoms. The van der Waals surface area contributed by atoms with E-state index in [0.717, 1.165) is 25.1 Å². The predicted molar refractivity (Wildman–Crippen MR) is 79.9 cm³/mol. The molecule has 0 radical (unpaired) electrons. The van der Waals surface area contributed by atoms with Crippen LogP contribution in [0.3, 0.4) is 0 Å². The number of aromatic nitrogens is 5. The van der Waals surface area contributed by atoms with Crippen molar-refractivity contribution in [1.82, 2.24) is 29.6 Å². The van der Waals surface area contributed by atoms with Gasteiger partial charge in [0.2, 0.25) is 5.91 Å². The van der Waals surface area contributed by atoms with Gasteiger partial charge in [-0.3, -0.25) is 14.8 Å². The van der Waals surface area contributed by atoms with Crippen LogP contribution in [-0.2, 0) is 10.3 Å². The zero-order valence-corrected chi connectivity index (χ0v) is 12.9. The minimum Gasteiger partial charge on any atom is -0.340 e. The molecule has 0 saturated carbocycles. The highest BCUT2D eigenvalue weighted by atomic mass is 16.2. The molecule has 1 aliphatic heterocycles. The summed E-state index contributed by atoms with van der Waals surface area (Å²) >= 11 is 0. The molecule has 0 aliphatic carbocycles. The lowest BCUT2D eigenvalue weighted by atomic mass is 9.93. The minimum atomic E-state index is -0.735. The van der Waals surface area contributed by atoms with Crippen molar-refractivity contribution in [2.24, 2.45) is 0 Å². The topological polar surface area (TPSA) is 76.8 Å². The summed E-state index contributed by atoms with van der Waals surface area (Å²) in [7, 11) is 0. The van der Waals surface area contributed by atoms with Gasteiger partial charge in [0.15, 0.2) is 0 Å². The van der Waals surface area contributed by atoms with Crippen LogP contribution in [0.4, 0.5) is 0 Å². The highest BCUT2D eigenvalue weighted by Gasteiger charge is 2.37. The van der Waals surface area contributed by atoms with Gasteiger partial charge in [-0.1, -0.05) is 0 Å². The second kappa shape index (κ2) is 5.82. The molecule has 0 spiro atoms. The quantitative estimate of drug-likeness (QED) is 0.851. The summed E-state index contributed by atoms with van der Waals surface area (Å²) < 4.78 is 1.61. The number of hydrogen-bond acceptors (Lipinski definition) is 5. The van der Waals surface area contributed by atoms with E-state index in [1.165, 1.54) is 6.33 Å². The van der Waals surface area contributed by atoms with E-state index in [9.17, 15) is 4.79 Å². The molecule has 1 atom stereocenters. The lowest BCUT2D eigenvalue weighted by molar-refractivity contribution is -0.141. The van der Waals surface area contributed by atoms with E-state index in [1.54, 1.807) is 29.6 Å². The Morgan fingerprint density at radius 3 is 2.86 bits per heavy atom. The number of carbonyl (C=O) groups excluding carboxylic acids is 1. The first-order valence-electron chi connectivity index (χ1n) is 7.49. The van der Waals surface area contributed by atoms with Gasteiger partial charge in [-0.05, 0) is 26.7 Å². The summed E-state index contributed by atoms with van der Waals surface area (Å²) in [5.41, 5.74) is 0.222. The minimum absolute atomic E-state index is 0.0617. The Hall–Kier alpha value is -2.31. The van der Waals surface area contributed by atoms with Gasteiger partial charge in [0, 0.05) is 37.6 Å². The van der Waals surface area contributed by atoms with E-state index in [2.05, 4.69) is 20.1 Å². The summed E-state index contributed by atoms with van der Waals surface area (Å²) in [6.45, 7) is 5.19. The molecule has 1 amide bonds. The van der Waals surface area contributed by atoms with Gasteiger partial charge in [0.1, 0.15) is 18.2 Å². The Morgan fingerprint density at radius 1 is 1.32 bits per heavy atom. The van der Waals surface area contributed by atoms with Crippen LogP contribution in [0.5, 0.6) is 0 Å². The van der Waals surface area contributed by atoms with Crippen LogP contribution in [0, 0.1) is 0 Å². The van der Waals surface area contributed by atoms with Crippen molar-refractivity contribution in [2.75, 3.05) is 13.1 Å². The third-order valence-electron chi connectivity index (χ3n) is 4.22. The first kappa shape index (κ1) is 14.6. The molecule has 1 unspecified atom stereocenters. The van der Waals surface area contributed by atoms with Crippen molar-refractivity contribution in [1.29, 1.82) is 0 Å². The molecular formula is C15H20N6O. The van der Waals surface area contributed by atoms with Gasteiger partial charge in [-0.15, -0.1) is 0 Å². The molecule has 0 aromatic carbocycles. The van der Waals surface area contributed by atoms with E-state index in [4.69, 9.17) is 0 Å². The number of amides is 1. The van der Waals surface area contributed by atoms with Crippen LogP contribution >= 0.6 is 0 Å². The Labute approximate surface area is 129 Å². The van der Waals surface area contributed by atoms with Gasteiger partial charge in [-0.2, -0.15) is 5.10 Å². The SMILES string of the molecule is CC(C)(C(=O)N1CCCC(c2cnccn2)C1)n1cncn1. The molecule has 1 saturated heterocycles. The number of rotatable bonds is 3. The van der Waals surface area contributed by atoms with Crippen LogP contribution in [0.1, 0.15) is 38.3 Å². The Balaban J connectivity index is 1.76. The average Bonchev–Trinajstić information content (AvgIpc) is 3.10. The van der Waals surface area contributed by atoms with E-state index in [1.807, 2.05) is 18.7 Å². The third-order valence-corrected chi connectivity index (χ3v) is 4.22. The fourth-order valence-electron chi connectivity index (χ4n) is 2.91. The second-order valence-corrected chi connectivity index (χ2v) is 6.12. The largest absolute Gasteiger partial charge is 0.340 e. The Kier molecular flexibility index (Phi) is 3.87. The molecular weight excluding hydrogens is 280 g/mol. The predicted octanol–water partition coefficient (Wildman–Crippen LogP) is 1.21. The van der Waals surface area contributed by atoms with Crippen LogP contribution < -0.4 is 0 Å². The Morgan fingerprint density at radius 2 is 2.18 bits per heavy atom. The molecule has 1 fully saturated rings. The van der Waals surface area contributed by atoms with Crippen molar-refractivity contribution in [3.63, 3.8) is 0 Å². The first-order chi connectivity index (χ1) is 10.6. The lowest BCUT2D eigenvalue weighted by Gasteiger charge is -2.37. The number of likely N-dealkylation sites (tertiary alicyclic amines) is 1. The molecule has 7 nitrogen and oxygen atoms in total. The van der Waals surface area contributed by atoms with Crippen LogP contribution in [0.25, 0.3) is 0 Å². The van der Waals surface area contributed by atoms with E-state index in [-0.39, 0.29) is 11.8 Å². The number of carbonyl (C=O) groups is 1. The molecule has 22 heavy (non-hydrogen) atoms. The van der Waals surface area contributed by atoms with E-state index >= 15 is 0 Å². The molecule has 3 rings (SSSR count). The summed E-state index contributed by atoms with van der Waals surface area (Å²) in [5.74, 6) is 0.310. The van der Waals surface area contributed by atoms with Crippen molar-refractivity contribution >= 4 is 5.91 Å². The van der Waals surface area contributed by atoms with Crippen LogP contribution in [-0.4, -0.2) is 48.6 Å². The molecule has 116 valence electrons. The summed E-state index contributed by atoms with van der Waals surface area (Å²) in [6, 6.07) is 0. The number of nitrogens with zero attached hydrogens (tertiary/aromatic N) is 6. The smallest absolute Gasteiger partial charge is 0.250 e. The molecule has 0 bridgehead atoms. The monoisotopic (exact) mass is 300 g/mol. The maximum absolute atomic E-state index is 12.9.